The van der Waals surface area contributed by atoms with Gasteiger partial charge in [-0.2, -0.15) is 0 Å². The summed E-state index contributed by atoms with van der Waals surface area (Å²) in [7, 11) is 1.89. The number of halogens is 1. The molecule has 0 aliphatic heterocycles. The van der Waals surface area contributed by atoms with E-state index in [1.807, 2.05) is 36.2 Å². The van der Waals surface area contributed by atoms with E-state index in [1.54, 1.807) is 0 Å². The van der Waals surface area contributed by atoms with Gasteiger partial charge in [-0.1, -0.05) is 22.0 Å². The van der Waals surface area contributed by atoms with Gasteiger partial charge in [0.05, 0.1) is 13.2 Å². The summed E-state index contributed by atoms with van der Waals surface area (Å²) in [4.78, 5) is 1.91. The highest BCUT2D eigenvalue weighted by molar-refractivity contribution is 9.10. The van der Waals surface area contributed by atoms with Gasteiger partial charge in [-0.05, 0) is 25.2 Å². The lowest BCUT2D eigenvalue weighted by molar-refractivity contribution is 0.206. The van der Waals surface area contributed by atoms with Gasteiger partial charge in [-0.25, -0.2) is 0 Å². The van der Waals surface area contributed by atoms with E-state index in [1.165, 1.54) is 0 Å². The van der Waals surface area contributed by atoms with Crippen LogP contribution in [-0.2, 0) is 6.54 Å². The fourth-order valence-corrected chi connectivity index (χ4v) is 1.94. The van der Waals surface area contributed by atoms with Crippen LogP contribution in [0, 0.1) is 0 Å². The molecule has 0 amide bonds. The van der Waals surface area contributed by atoms with Crippen molar-refractivity contribution in [3.05, 3.63) is 34.6 Å². The summed E-state index contributed by atoms with van der Waals surface area (Å²) in [6, 6.07) is 7.70. The van der Waals surface area contributed by atoms with Crippen LogP contribution >= 0.6 is 15.9 Å². The molecule has 18 heavy (non-hydrogen) atoms. The first kappa shape index (κ1) is 13.2. The maximum Gasteiger partial charge on any atom is 0.247 e. The van der Waals surface area contributed by atoms with Gasteiger partial charge in [0.25, 0.3) is 0 Å². The maximum atomic E-state index is 8.81. The van der Waals surface area contributed by atoms with Gasteiger partial charge in [0, 0.05) is 16.6 Å². The van der Waals surface area contributed by atoms with E-state index in [2.05, 4.69) is 26.1 Å². The maximum absolute atomic E-state index is 8.81. The Labute approximate surface area is 114 Å². The zero-order valence-corrected chi connectivity index (χ0v) is 11.6. The van der Waals surface area contributed by atoms with E-state index in [0.717, 1.165) is 10.0 Å². The molecule has 2 aromatic rings. The number of aliphatic hydroxyl groups excluding tert-OH is 1. The second kappa shape index (κ2) is 6.08. The third-order valence-electron chi connectivity index (χ3n) is 2.43. The number of nitrogens with zero attached hydrogens (tertiary/aromatic N) is 3. The molecule has 1 N–H and O–H groups in total. The van der Waals surface area contributed by atoms with Crippen molar-refractivity contribution < 1.29 is 9.52 Å². The van der Waals surface area contributed by atoms with Crippen molar-refractivity contribution in [2.45, 2.75) is 6.54 Å². The predicted octanol–water partition coefficient (Wildman–Crippen LogP) is 1.92. The van der Waals surface area contributed by atoms with Gasteiger partial charge in [-0.3, -0.25) is 4.90 Å². The Bertz CT molecular complexity index is 516. The highest BCUT2D eigenvalue weighted by Gasteiger charge is 2.10. The van der Waals surface area contributed by atoms with Gasteiger partial charge < -0.3 is 9.52 Å². The number of hydrogen-bond donors (Lipinski definition) is 1. The van der Waals surface area contributed by atoms with Crippen LogP contribution in [0.3, 0.4) is 0 Å². The minimum absolute atomic E-state index is 0.114. The van der Waals surface area contributed by atoms with Crippen molar-refractivity contribution in [1.29, 1.82) is 0 Å². The third kappa shape index (κ3) is 3.38. The Hall–Kier alpha value is -1.24. The SMILES string of the molecule is CN(CCO)Cc1nnc(-c2cccc(Br)c2)o1. The molecule has 1 heterocycles. The number of aliphatic hydroxyl groups is 1. The van der Waals surface area contributed by atoms with Crippen LogP contribution in [0.1, 0.15) is 5.89 Å². The lowest BCUT2D eigenvalue weighted by atomic mass is 10.2. The zero-order chi connectivity index (χ0) is 13.0. The highest BCUT2D eigenvalue weighted by Crippen LogP contribution is 2.21. The summed E-state index contributed by atoms with van der Waals surface area (Å²) in [6.45, 7) is 1.22. The summed E-state index contributed by atoms with van der Waals surface area (Å²) < 4.78 is 6.54. The number of aromatic nitrogens is 2. The normalized spacial score (nSPS) is 11.1. The summed E-state index contributed by atoms with van der Waals surface area (Å²) in [6.07, 6.45) is 0. The lowest BCUT2D eigenvalue weighted by Crippen LogP contribution is -2.21. The van der Waals surface area contributed by atoms with Crippen molar-refractivity contribution in [2.24, 2.45) is 0 Å². The van der Waals surface area contributed by atoms with E-state index in [0.29, 0.717) is 24.9 Å². The van der Waals surface area contributed by atoms with Crippen LogP contribution in [0.5, 0.6) is 0 Å². The molecular formula is C12H14BrN3O2. The Kier molecular flexibility index (Phi) is 4.46. The fourth-order valence-electron chi connectivity index (χ4n) is 1.54. The molecular weight excluding hydrogens is 298 g/mol. The smallest absolute Gasteiger partial charge is 0.247 e. The molecule has 6 heteroatoms. The minimum atomic E-state index is 0.114. The average Bonchev–Trinajstić information content (AvgIpc) is 2.78. The molecule has 0 spiro atoms. The van der Waals surface area contributed by atoms with Crippen LogP contribution in [0.2, 0.25) is 0 Å². The van der Waals surface area contributed by atoms with Crippen molar-refractivity contribution in [1.82, 2.24) is 15.1 Å². The topological polar surface area (TPSA) is 62.4 Å². The van der Waals surface area contributed by atoms with Gasteiger partial charge >= 0.3 is 0 Å². The molecule has 0 unspecified atom stereocenters. The molecule has 0 aliphatic rings. The third-order valence-corrected chi connectivity index (χ3v) is 2.92. The quantitative estimate of drug-likeness (QED) is 0.914. The molecule has 2 rings (SSSR count). The van der Waals surface area contributed by atoms with Crippen LogP contribution < -0.4 is 0 Å². The Morgan fingerprint density at radius 2 is 2.22 bits per heavy atom. The van der Waals surface area contributed by atoms with Crippen LogP contribution in [-0.4, -0.2) is 40.4 Å². The largest absolute Gasteiger partial charge is 0.419 e. The molecule has 0 saturated heterocycles. The Balaban J connectivity index is 2.10. The van der Waals surface area contributed by atoms with Crippen LogP contribution in [0.15, 0.2) is 33.2 Å². The van der Waals surface area contributed by atoms with Gasteiger partial charge in [0.1, 0.15) is 0 Å². The van der Waals surface area contributed by atoms with E-state index in [9.17, 15) is 0 Å². The first-order chi connectivity index (χ1) is 8.69. The molecule has 0 saturated carbocycles. The monoisotopic (exact) mass is 311 g/mol. The first-order valence-corrected chi connectivity index (χ1v) is 6.36. The van der Waals surface area contributed by atoms with Crippen molar-refractivity contribution >= 4 is 15.9 Å². The number of likely N-dealkylation sites (N-methyl/N-ethyl adjacent to an activating group) is 1. The number of rotatable bonds is 5. The molecule has 0 aliphatic carbocycles. The van der Waals surface area contributed by atoms with Crippen LogP contribution in [0.25, 0.3) is 11.5 Å². The molecule has 0 fully saturated rings. The van der Waals surface area contributed by atoms with E-state index in [4.69, 9.17) is 9.52 Å². The lowest BCUT2D eigenvalue weighted by Gasteiger charge is -2.11. The number of hydrogen-bond acceptors (Lipinski definition) is 5. The second-order valence-electron chi connectivity index (χ2n) is 3.97. The molecule has 5 nitrogen and oxygen atoms in total. The van der Waals surface area contributed by atoms with E-state index in [-0.39, 0.29) is 6.61 Å². The Morgan fingerprint density at radius 3 is 2.94 bits per heavy atom. The van der Waals surface area contributed by atoms with Gasteiger partial charge in [0.15, 0.2) is 0 Å². The average molecular weight is 312 g/mol. The first-order valence-electron chi connectivity index (χ1n) is 5.57. The van der Waals surface area contributed by atoms with Crippen molar-refractivity contribution in [3.63, 3.8) is 0 Å². The highest BCUT2D eigenvalue weighted by atomic mass is 79.9. The van der Waals surface area contributed by atoms with E-state index < -0.39 is 0 Å². The second-order valence-corrected chi connectivity index (χ2v) is 4.89. The molecule has 1 aromatic heterocycles. The molecule has 0 atom stereocenters. The van der Waals surface area contributed by atoms with Gasteiger partial charge in [0.2, 0.25) is 11.8 Å². The molecule has 1 aromatic carbocycles. The minimum Gasteiger partial charge on any atom is -0.419 e. The van der Waals surface area contributed by atoms with Crippen molar-refractivity contribution in [2.75, 3.05) is 20.2 Å². The summed E-state index contributed by atoms with van der Waals surface area (Å²) in [5, 5.41) is 16.8. The Morgan fingerprint density at radius 1 is 1.39 bits per heavy atom. The molecule has 0 bridgehead atoms. The fraction of sp³-hybridized carbons (Fsp3) is 0.333. The molecule has 0 radical (unpaired) electrons. The summed E-state index contributed by atoms with van der Waals surface area (Å²) in [5.74, 6) is 1.05. The zero-order valence-electron chi connectivity index (χ0n) is 10.0. The summed E-state index contributed by atoms with van der Waals surface area (Å²) in [5.41, 5.74) is 0.882. The standard InChI is InChI=1S/C12H14BrN3O2/c1-16(5-6-17)8-11-14-15-12(18-11)9-3-2-4-10(13)7-9/h2-4,7,17H,5-6,8H2,1H3. The molecule has 96 valence electrons. The van der Waals surface area contributed by atoms with Crippen LogP contribution in [0.4, 0.5) is 0 Å². The van der Waals surface area contributed by atoms with Crippen molar-refractivity contribution in [3.8, 4) is 11.5 Å². The van der Waals surface area contributed by atoms with E-state index >= 15 is 0 Å². The number of benzene rings is 1. The predicted molar refractivity (Wildman–Crippen MR) is 70.9 cm³/mol. The summed E-state index contributed by atoms with van der Waals surface area (Å²) >= 11 is 3.40. The van der Waals surface area contributed by atoms with Gasteiger partial charge in [-0.15, -0.1) is 10.2 Å².